The minimum Gasteiger partial charge on any atom is -0.466 e. The Balaban J connectivity index is 3.54. The van der Waals surface area contributed by atoms with Crippen molar-refractivity contribution in [3.63, 3.8) is 0 Å². The van der Waals surface area contributed by atoms with Crippen molar-refractivity contribution in [1.29, 1.82) is 0 Å². The number of hydrogen-bond donors (Lipinski definition) is 2. The van der Waals surface area contributed by atoms with E-state index in [1.807, 2.05) is 20.8 Å². The molecular formula is C26H48O8Si. The molecule has 0 amide bonds. The van der Waals surface area contributed by atoms with Crippen LogP contribution >= 0.6 is 0 Å². The minimum absolute atomic E-state index is 0.00530. The van der Waals surface area contributed by atoms with Crippen LogP contribution in [0.25, 0.3) is 0 Å². The lowest BCUT2D eigenvalue weighted by Gasteiger charge is -2.54. The SMILES string of the molecule is CCC(=O)O[C@H]1/C(=C/C(=O)OC)C[C@@H](C[C@@H](O)[C@@H](C)O)O[C@@]1(C)C(C)(C)CO[Si](C)(C)C(C)(C)C. The van der Waals surface area contributed by atoms with Crippen molar-refractivity contribution < 1.29 is 38.4 Å². The van der Waals surface area contributed by atoms with Crippen LogP contribution in [0.15, 0.2) is 11.6 Å². The summed E-state index contributed by atoms with van der Waals surface area (Å²) in [5.41, 5.74) is -1.21. The van der Waals surface area contributed by atoms with Crippen molar-refractivity contribution in [1.82, 2.24) is 0 Å². The number of rotatable bonds is 10. The first-order chi connectivity index (χ1) is 15.8. The maximum absolute atomic E-state index is 12.5. The third-order valence-corrected chi connectivity index (χ3v) is 12.2. The van der Waals surface area contributed by atoms with Gasteiger partial charge in [-0.05, 0) is 44.0 Å². The van der Waals surface area contributed by atoms with E-state index in [1.54, 1.807) is 6.92 Å². The first-order valence-electron chi connectivity index (χ1n) is 12.5. The van der Waals surface area contributed by atoms with Crippen LogP contribution in [-0.4, -0.2) is 74.2 Å². The van der Waals surface area contributed by atoms with Crippen molar-refractivity contribution >= 4 is 20.3 Å². The Morgan fingerprint density at radius 3 is 2.26 bits per heavy atom. The van der Waals surface area contributed by atoms with E-state index in [1.165, 1.54) is 20.1 Å². The summed E-state index contributed by atoms with van der Waals surface area (Å²) in [4.78, 5) is 24.7. The summed E-state index contributed by atoms with van der Waals surface area (Å²) >= 11 is 0. The molecule has 0 bridgehead atoms. The highest BCUT2D eigenvalue weighted by Gasteiger charge is 2.56. The third kappa shape index (κ3) is 7.86. The molecule has 1 rings (SSSR count). The van der Waals surface area contributed by atoms with Gasteiger partial charge in [0.1, 0.15) is 5.60 Å². The van der Waals surface area contributed by atoms with Gasteiger partial charge >= 0.3 is 11.9 Å². The number of aliphatic hydroxyl groups is 2. The highest BCUT2D eigenvalue weighted by Crippen LogP contribution is 2.48. The second-order valence-corrected chi connectivity index (χ2v) is 16.8. The average Bonchev–Trinajstić information content (AvgIpc) is 2.73. The molecule has 5 atom stereocenters. The molecule has 0 aliphatic carbocycles. The van der Waals surface area contributed by atoms with Gasteiger partial charge in [0.15, 0.2) is 14.4 Å². The third-order valence-electron chi connectivity index (χ3n) is 7.76. The smallest absolute Gasteiger partial charge is 0.330 e. The van der Waals surface area contributed by atoms with Gasteiger partial charge in [0.2, 0.25) is 0 Å². The van der Waals surface area contributed by atoms with Crippen molar-refractivity contribution in [2.24, 2.45) is 5.41 Å². The van der Waals surface area contributed by atoms with Crippen LogP contribution in [0.5, 0.6) is 0 Å². The number of carbonyl (C=O) groups is 2. The summed E-state index contributed by atoms with van der Waals surface area (Å²) in [5.74, 6) is -0.976. The molecule has 9 heteroatoms. The van der Waals surface area contributed by atoms with E-state index in [9.17, 15) is 19.8 Å². The van der Waals surface area contributed by atoms with Crippen LogP contribution in [0.2, 0.25) is 18.1 Å². The Hall–Kier alpha value is -1.26. The molecule has 0 aromatic heterocycles. The number of ether oxygens (including phenoxy) is 3. The molecule has 1 heterocycles. The van der Waals surface area contributed by atoms with Crippen molar-refractivity contribution in [2.45, 2.75) is 123 Å². The fourth-order valence-electron chi connectivity index (χ4n) is 3.75. The number of hydrogen-bond acceptors (Lipinski definition) is 8. The molecule has 1 saturated heterocycles. The molecule has 204 valence electrons. The van der Waals surface area contributed by atoms with Gasteiger partial charge in [-0.2, -0.15) is 0 Å². The molecular weight excluding hydrogens is 468 g/mol. The maximum atomic E-state index is 12.5. The lowest BCUT2D eigenvalue weighted by Crippen LogP contribution is -2.62. The molecule has 1 aliphatic heterocycles. The minimum atomic E-state index is -2.10. The van der Waals surface area contributed by atoms with E-state index in [0.29, 0.717) is 12.2 Å². The molecule has 1 fully saturated rings. The predicted octanol–water partition coefficient (Wildman–Crippen LogP) is 4.14. The molecule has 0 aromatic carbocycles. The molecule has 2 N–H and O–H groups in total. The predicted molar refractivity (Wildman–Crippen MR) is 137 cm³/mol. The number of aliphatic hydroxyl groups excluding tert-OH is 2. The monoisotopic (exact) mass is 516 g/mol. The highest BCUT2D eigenvalue weighted by atomic mass is 28.4. The van der Waals surface area contributed by atoms with Gasteiger partial charge in [0, 0.05) is 30.9 Å². The van der Waals surface area contributed by atoms with Crippen molar-refractivity contribution in [2.75, 3.05) is 13.7 Å². The molecule has 0 unspecified atom stereocenters. The van der Waals surface area contributed by atoms with Gasteiger partial charge in [-0.15, -0.1) is 0 Å². The number of esters is 2. The number of carbonyl (C=O) groups excluding carboxylic acids is 2. The second kappa shape index (κ2) is 11.9. The molecule has 0 saturated carbocycles. The van der Waals surface area contributed by atoms with Gasteiger partial charge in [0.25, 0.3) is 0 Å². The molecule has 0 radical (unpaired) electrons. The fraction of sp³-hybridized carbons (Fsp3) is 0.846. The highest BCUT2D eigenvalue weighted by molar-refractivity contribution is 6.74. The van der Waals surface area contributed by atoms with E-state index in [4.69, 9.17) is 18.6 Å². The first-order valence-corrected chi connectivity index (χ1v) is 15.4. The van der Waals surface area contributed by atoms with E-state index in [2.05, 4.69) is 33.9 Å². The van der Waals surface area contributed by atoms with Gasteiger partial charge in [0.05, 0.1) is 25.4 Å². The van der Waals surface area contributed by atoms with Crippen LogP contribution in [0.3, 0.4) is 0 Å². The molecule has 35 heavy (non-hydrogen) atoms. The normalized spacial score (nSPS) is 26.8. The van der Waals surface area contributed by atoms with Crippen LogP contribution in [0.4, 0.5) is 0 Å². The fourth-order valence-corrected chi connectivity index (χ4v) is 4.91. The largest absolute Gasteiger partial charge is 0.466 e. The Labute approximate surface area is 212 Å². The van der Waals surface area contributed by atoms with E-state index in [0.717, 1.165) is 0 Å². The Bertz CT molecular complexity index is 768. The van der Waals surface area contributed by atoms with Crippen LogP contribution in [0, 0.1) is 5.41 Å². The van der Waals surface area contributed by atoms with Crippen LogP contribution in [-0.2, 0) is 28.2 Å². The Morgan fingerprint density at radius 1 is 1.23 bits per heavy atom. The van der Waals surface area contributed by atoms with E-state index >= 15 is 0 Å². The summed E-state index contributed by atoms with van der Waals surface area (Å²) in [6, 6.07) is 0. The van der Waals surface area contributed by atoms with E-state index in [-0.39, 0.29) is 24.3 Å². The zero-order valence-corrected chi connectivity index (χ0v) is 24.6. The Morgan fingerprint density at radius 2 is 1.80 bits per heavy atom. The number of methoxy groups -OCH3 is 1. The Kier molecular flexibility index (Phi) is 10.8. The van der Waals surface area contributed by atoms with Crippen LogP contribution in [0.1, 0.15) is 74.7 Å². The molecule has 1 aliphatic rings. The van der Waals surface area contributed by atoms with Gasteiger partial charge in [-0.1, -0.05) is 41.5 Å². The van der Waals surface area contributed by atoms with Crippen LogP contribution < -0.4 is 0 Å². The summed E-state index contributed by atoms with van der Waals surface area (Å²) < 4.78 is 23.9. The lowest BCUT2D eigenvalue weighted by atomic mass is 9.68. The molecule has 0 spiro atoms. The van der Waals surface area contributed by atoms with Gasteiger partial charge in [-0.3, -0.25) is 4.79 Å². The zero-order valence-electron chi connectivity index (χ0n) is 23.6. The summed E-state index contributed by atoms with van der Waals surface area (Å²) in [5, 5.41) is 20.2. The van der Waals surface area contributed by atoms with Crippen molar-refractivity contribution in [3.05, 3.63) is 11.6 Å². The quantitative estimate of drug-likeness (QED) is 0.253. The summed E-state index contributed by atoms with van der Waals surface area (Å²) in [6.07, 6.45) is -1.41. The standard InChI is InChI=1S/C26H48O8Si/c1-12-21(29)33-23-18(14-22(30)31-9)13-19(15-20(28)17(2)27)34-26(23,8)25(6,7)16-32-35(10,11)24(3,4)5/h14,17,19-20,23,27-28H,12-13,15-16H2,1-11H3/b18-14+/t17-,19+,20-,23+,26-/m1/s1. The average molecular weight is 517 g/mol. The maximum Gasteiger partial charge on any atom is 0.330 e. The molecule has 0 aromatic rings. The zero-order chi connectivity index (χ0) is 27.4. The first kappa shape index (κ1) is 31.8. The summed E-state index contributed by atoms with van der Waals surface area (Å²) in [6.45, 7) is 20.3. The lowest BCUT2D eigenvalue weighted by molar-refractivity contribution is -0.233. The second-order valence-electron chi connectivity index (χ2n) is 12.0. The van der Waals surface area contributed by atoms with Gasteiger partial charge < -0.3 is 28.8 Å². The summed E-state index contributed by atoms with van der Waals surface area (Å²) in [7, 11) is -0.816. The topological polar surface area (TPSA) is 112 Å². The molecule has 8 nitrogen and oxygen atoms in total. The van der Waals surface area contributed by atoms with E-state index < -0.39 is 55.7 Å². The van der Waals surface area contributed by atoms with Crippen molar-refractivity contribution in [3.8, 4) is 0 Å². The van der Waals surface area contributed by atoms with Gasteiger partial charge in [-0.25, -0.2) is 4.79 Å².